The molecule has 0 aliphatic carbocycles. The number of methoxy groups -OCH3 is 1. The van der Waals surface area contributed by atoms with Crippen LogP contribution in [0.2, 0.25) is 0 Å². The van der Waals surface area contributed by atoms with E-state index in [1.165, 1.54) is 25.5 Å². The van der Waals surface area contributed by atoms with E-state index in [1.807, 2.05) is 13.8 Å². The van der Waals surface area contributed by atoms with Gasteiger partial charge in [0.1, 0.15) is 12.4 Å². The van der Waals surface area contributed by atoms with Crippen molar-refractivity contribution in [3.05, 3.63) is 59.4 Å². The summed E-state index contributed by atoms with van der Waals surface area (Å²) >= 11 is 0. The summed E-state index contributed by atoms with van der Waals surface area (Å²) in [6.45, 7) is 4.52. The molecule has 0 bridgehead atoms. The van der Waals surface area contributed by atoms with Crippen LogP contribution in [0.4, 0.5) is 4.39 Å². The Morgan fingerprint density at radius 3 is 2.48 bits per heavy atom. The topological polar surface area (TPSA) is 89.0 Å². The predicted molar refractivity (Wildman–Crippen MR) is 107 cm³/mol. The largest absolute Gasteiger partial charge is 0.493 e. The number of carbonyl (C=O) groups is 2. The van der Waals surface area contributed by atoms with E-state index in [9.17, 15) is 14.0 Å². The van der Waals surface area contributed by atoms with Crippen molar-refractivity contribution in [2.75, 3.05) is 13.7 Å². The lowest BCUT2D eigenvalue weighted by Gasteiger charge is -2.11. The van der Waals surface area contributed by atoms with Crippen molar-refractivity contribution in [2.24, 2.45) is 11.0 Å². The molecule has 0 saturated heterocycles. The van der Waals surface area contributed by atoms with E-state index in [4.69, 9.17) is 9.47 Å². The van der Waals surface area contributed by atoms with E-state index >= 15 is 0 Å². The first-order valence-corrected chi connectivity index (χ1v) is 9.05. The fourth-order valence-corrected chi connectivity index (χ4v) is 2.22. The molecule has 8 heteroatoms. The van der Waals surface area contributed by atoms with Crippen molar-refractivity contribution in [3.8, 4) is 11.5 Å². The molecule has 0 aromatic heterocycles. The standard InChI is InChI=1S/C21H24FN3O4/c1-14(2)11-23-20(26)21(27)25-24-12-16-6-9-18(19(10-16)28-3)29-13-15-4-7-17(22)8-5-15/h4-10,12,14H,11,13H2,1-3H3,(H,23,26)(H,25,27)/b24-12-. The fourth-order valence-electron chi connectivity index (χ4n) is 2.22. The Morgan fingerprint density at radius 2 is 1.83 bits per heavy atom. The number of benzene rings is 2. The zero-order valence-electron chi connectivity index (χ0n) is 16.6. The summed E-state index contributed by atoms with van der Waals surface area (Å²) in [5.74, 6) is -0.666. The molecule has 0 spiro atoms. The van der Waals surface area contributed by atoms with Gasteiger partial charge in [-0.3, -0.25) is 9.59 Å². The SMILES string of the molecule is COc1cc(/C=N\NC(=O)C(=O)NCC(C)C)ccc1OCc1ccc(F)cc1. The summed E-state index contributed by atoms with van der Waals surface area (Å²) in [6.07, 6.45) is 1.39. The molecule has 0 heterocycles. The smallest absolute Gasteiger partial charge is 0.329 e. The highest BCUT2D eigenvalue weighted by atomic mass is 19.1. The summed E-state index contributed by atoms with van der Waals surface area (Å²) in [7, 11) is 1.50. The van der Waals surface area contributed by atoms with Gasteiger partial charge in [0.25, 0.3) is 0 Å². The van der Waals surface area contributed by atoms with Gasteiger partial charge >= 0.3 is 11.8 Å². The highest BCUT2D eigenvalue weighted by molar-refractivity contribution is 6.35. The number of nitrogens with zero attached hydrogens (tertiary/aromatic N) is 1. The maximum atomic E-state index is 13.0. The number of rotatable bonds is 8. The van der Waals surface area contributed by atoms with Gasteiger partial charge in [0.2, 0.25) is 0 Å². The Bertz CT molecular complexity index is 867. The van der Waals surface area contributed by atoms with Crippen molar-refractivity contribution < 1.29 is 23.5 Å². The zero-order chi connectivity index (χ0) is 21.2. The maximum absolute atomic E-state index is 13.0. The molecule has 2 rings (SSSR count). The number of nitrogens with one attached hydrogen (secondary N) is 2. The van der Waals surface area contributed by atoms with E-state index in [-0.39, 0.29) is 18.3 Å². The molecule has 7 nitrogen and oxygen atoms in total. The van der Waals surface area contributed by atoms with Crippen LogP contribution in [0.25, 0.3) is 0 Å². The molecule has 0 atom stereocenters. The average Bonchev–Trinajstić information content (AvgIpc) is 2.71. The number of amides is 2. The first kappa shape index (κ1) is 21.9. The van der Waals surface area contributed by atoms with Crippen LogP contribution in [0.3, 0.4) is 0 Å². The molecule has 2 amide bonds. The van der Waals surface area contributed by atoms with Crippen LogP contribution in [-0.4, -0.2) is 31.7 Å². The molecule has 2 aromatic carbocycles. The molecule has 154 valence electrons. The van der Waals surface area contributed by atoms with Crippen LogP contribution in [-0.2, 0) is 16.2 Å². The summed E-state index contributed by atoms with van der Waals surface area (Å²) in [5.41, 5.74) is 3.63. The monoisotopic (exact) mass is 401 g/mol. The Hall–Kier alpha value is -3.42. The van der Waals surface area contributed by atoms with Crippen molar-refractivity contribution in [1.29, 1.82) is 0 Å². The molecule has 0 unspecified atom stereocenters. The molecular formula is C21H24FN3O4. The molecule has 0 radical (unpaired) electrons. The van der Waals surface area contributed by atoms with Gasteiger partial charge in [0, 0.05) is 6.54 Å². The van der Waals surface area contributed by atoms with Crippen LogP contribution in [0.1, 0.15) is 25.0 Å². The molecular weight excluding hydrogens is 377 g/mol. The van der Waals surface area contributed by atoms with Crippen LogP contribution >= 0.6 is 0 Å². The summed E-state index contributed by atoms with van der Waals surface area (Å²) in [6, 6.07) is 11.1. The number of hydrazone groups is 1. The highest BCUT2D eigenvalue weighted by Crippen LogP contribution is 2.28. The molecule has 0 fully saturated rings. The lowest BCUT2D eigenvalue weighted by atomic mass is 10.2. The fraction of sp³-hybridized carbons (Fsp3) is 0.286. The van der Waals surface area contributed by atoms with E-state index in [0.717, 1.165) is 5.56 Å². The lowest BCUT2D eigenvalue weighted by Crippen LogP contribution is -2.39. The minimum absolute atomic E-state index is 0.242. The first-order chi connectivity index (χ1) is 13.9. The average molecular weight is 401 g/mol. The second-order valence-electron chi connectivity index (χ2n) is 6.63. The maximum Gasteiger partial charge on any atom is 0.329 e. The Balaban J connectivity index is 1.93. The van der Waals surface area contributed by atoms with E-state index in [1.54, 1.807) is 30.3 Å². The molecule has 0 saturated carbocycles. The van der Waals surface area contributed by atoms with Crippen molar-refractivity contribution >= 4 is 18.0 Å². The van der Waals surface area contributed by atoms with Gasteiger partial charge < -0.3 is 14.8 Å². The van der Waals surface area contributed by atoms with Crippen LogP contribution < -0.4 is 20.2 Å². The normalized spacial score (nSPS) is 10.8. The van der Waals surface area contributed by atoms with Crippen LogP contribution in [0.15, 0.2) is 47.6 Å². The van der Waals surface area contributed by atoms with E-state index in [2.05, 4.69) is 15.8 Å². The second-order valence-corrected chi connectivity index (χ2v) is 6.63. The summed E-state index contributed by atoms with van der Waals surface area (Å²) in [4.78, 5) is 23.2. The van der Waals surface area contributed by atoms with Gasteiger partial charge in [-0.25, -0.2) is 9.82 Å². The number of halogens is 1. The quantitative estimate of drug-likeness (QED) is 0.404. The third-order valence-electron chi connectivity index (χ3n) is 3.75. The van der Waals surface area contributed by atoms with Crippen molar-refractivity contribution in [1.82, 2.24) is 10.7 Å². The van der Waals surface area contributed by atoms with Crippen molar-refractivity contribution in [2.45, 2.75) is 20.5 Å². The Morgan fingerprint density at radius 1 is 1.10 bits per heavy atom. The molecule has 2 aromatic rings. The number of hydrogen-bond acceptors (Lipinski definition) is 5. The second kappa shape index (κ2) is 10.8. The van der Waals surface area contributed by atoms with Gasteiger partial charge in [-0.1, -0.05) is 26.0 Å². The number of carbonyl (C=O) groups excluding carboxylic acids is 2. The van der Waals surface area contributed by atoms with Gasteiger partial charge in [0.05, 0.1) is 13.3 Å². The zero-order valence-corrected chi connectivity index (χ0v) is 16.6. The third-order valence-corrected chi connectivity index (χ3v) is 3.75. The first-order valence-electron chi connectivity index (χ1n) is 9.05. The molecule has 2 N–H and O–H groups in total. The summed E-state index contributed by atoms with van der Waals surface area (Å²) < 4.78 is 24.0. The molecule has 29 heavy (non-hydrogen) atoms. The molecule has 0 aliphatic rings. The third kappa shape index (κ3) is 7.25. The Kier molecular flexibility index (Phi) is 8.14. The highest BCUT2D eigenvalue weighted by Gasteiger charge is 2.12. The van der Waals surface area contributed by atoms with Crippen LogP contribution in [0.5, 0.6) is 11.5 Å². The van der Waals surface area contributed by atoms with Crippen molar-refractivity contribution in [3.63, 3.8) is 0 Å². The Labute approximate surface area is 168 Å². The molecule has 0 aliphatic heterocycles. The minimum Gasteiger partial charge on any atom is -0.493 e. The van der Waals surface area contributed by atoms with E-state index in [0.29, 0.717) is 23.6 Å². The van der Waals surface area contributed by atoms with Gasteiger partial charge in [-0.05, 0) is 47.4 Å². The van der Waals surface area contributed by atoms with Gasteiger partial charge in [-0.15, -0.1) is 0 Å². The van der Waals surface area contributed by atoms with Gasteiger partial charge in [-0.2, -0.15) is 5.10 Å². The number of hydrogen-bond donors (Lipinski definition) is 2. The number of ether oxygens (including phenoxy) is 2. The predicted octanol–water partition coefficient (Wildman–Crippen LogP) is 2.64. The van der Waals surface area contributed by atoms with Gasteiger partial charge in [0.15, 0.2) is 11.5 Å². The van der Waals surface area contributed by atoms with E-state index < -0.39 is 11.8 Å². The van der Waals surface area contributed by atoms with Crippen LogP contribution in [0, 0.1) is 11.7 Å². The minimum atomic E-state index is -0.840. The summed E-state index contributed by atoms with van der Waals surface area (Å²) in [5, 5.41) is 6.28. The lowest BCUT2D eigenvalue weighted by molar-refractivity contribution is -0.139.